The van der Waals surface area contributed by atoms with Crippen LogP contribution < -0.4 is 5.32 Å². The van der Waals surface area contributed by atoms with Gasteiger partial charge in [0, 0.05) is 6.54 Å². The summed E-state index contributed by atoms with van der Waals surface area (Å²) in [6.07, 6.45) is -3.36. The Morgan fingerprint density at radius 1 is 0.857 bits per heavy atom. The Morgan fingerprint density at radius 2 is 1.43 bits per heavy atom. The van der Waals surface area contributed by atoms with Crippen LogP contribution in [0.3, 0.4) is 0 Å². The van der Waals surface area contributed by atoms with E-state index in [2.05, 4.69) is 29.6 Å². The first-order valence-corrected chi connectivity index (χ1v) is 6.87. The van der Waals surface area contributed by atoms with Crippen molar-refractivity contribution in [3.8, 4) is 0 Å². The van der Waals surface area contributed by atoms with Gasteiger partial charge in [0.2, 0.25) is 0 Å². The zero-order chi connectivity index (χ0) is 15.3. The minimum absolute atomic E-state index is 0.573. The number of nitrogens with one attached hydrogen (secondary N) is 1. The maximum Gasteiger partial charge on any atom is 0.416 e. The van der Waals surface area contributed by atoms with Crippen molar-refractivity contribution in [1.29, 1.82) is 0 Å². The van der Waals surface area contributed by atoms with Gasteiger partial charge in [-0.2, -0.15) is 13.2 Å². The van der Waals surface area contributed by atoms with Gasteiger partial charge in [0.15, 0.2) is 0 Å². The molecule has 0 radical (unpaired) electrons. The molecule has 0 atom stereocenters. The van der Waals surface area contributed by atoms with Gasteiger partial charge < -0.3 is 5.32 Å². The monoisotopic (exact) mass is 293 g/mol. The lowest BCUT2D eigenvalue weighted by molar-refractivity contribution is -0.137. The summed E-state index contributed by atoms with van der Waals surface area (Å²) in [4.78, 5) is 0. The number of aryl methyl sites for hydroxylation is 1. The van der Waals surface area contributed by atoms with E-state index in [4.69, 9.17) is 0 Å². The van der Waals surface area contributed by atoms with E-state index in [0.717, 1.165) is 30.7 Å². The van der Waals surface area contributed by atoms with E-state index >= 15 is 0 Å². The summed E-state index contributed by atoms with van der Waals surface area (Å²) in [5.41, 5.74) is 2.73. The minimum atomic E-state index is -4.27. The Labute approximate surface area is 122 Å². The third-order valence-electron chi connectivity index (χ3n) is 3.32. The molecular formula is C17H18F3N. The van der Waals surface area contributed by atoms with Crippen LogP contribution in [-0.2, 0) is 19.1 Å². The molecule has 0 spiro atoms. The zero-order valence-electron chi connectivity index (χ0n) is 11.9. The van der Waals surface area contributed by atoms with E-state index < -0.39 is 11.7 Å². The molecule has 0 fully saturated rings. The van der Waals surface area contributed by atoms with Gasteiger partial charge in [-0.25, -0.2) is 0 Å². The number of hydrogen-bond acceptors (Lipinski definition) is 1. The van der Waals surface area contributed by atoms with Gasteiger partial charge in [-0.05, 0) is 43.1 Å². The second-order valence-electron chi connectivity index (χ2n) is 5.11. The van der Waals surface area contributed by atoms with Crippen molar-refractivity contribution in [2.45, 2.75) is 26.1 Å². The summed E-state index contributed by atoms with van der Waals surface area (Å²) in [6, 6.07) is 13.6. The molecule has 0 saturated heterocycles. The standard InChI is InChI=1S/C17H18F3N/c1-13-2-4-14(5-3-13)10-11-21-12-15-6-8-16(9-7-15)17(18,19)20/h2-9,21H,10-12H2,1H3. The molecule has 2 aromatic carbocycles. The summed E-state index contributed by atoms with van der Waals surface area (Å²) >= 11 is 0. The van der Waals surface area contributed by atoms with E-state index in [1.54, 1.807) is 0 Å². The molecule has 0 aromatic heterocycles. The van der Waals surface area contributed by atoms with Crippen LogP contribution in [0.15, 0.2) is 48.5 Å². The quantitative estimate of drug-likeness (QED) is 0.808. The van der Waals surface area contributed by atoms with E-state index in [9.17, 15) is 13.2 Å². The molecule has 112 valence electrons. The summed E-state index contributed by atoms with van der Waals surface area (Å²) < 4.78 is 37.3. The SMILES string of the molecule is Cc1ccc(CCNCc2ccc(C(F)(F)F)cc2)cc1. The van der Waals surface area contributed by atoms with Crippen LogP contribution in [0.2, 0.25) is 0 Å². The maximum atomic E-state index is 12.4. The maximum absolute atomic E-state index is 12.4. The van der Waals surface area contributed by atoms with E-state index in [1.807, 2.05) is 6.92 Å². The Hall–Kier alpha value is -1.81. The third kappa shape index (κ3) is 4.90. The van der Waals surface area contributed by atoms with Gasteiger partial charge in [-0.3, -0.25) is 0 Å². The van der Waals surface area contributed by atoms with Crippen molar-refractivity contribution in [3.05, 3.63) is 70.8 Å². The fourth-order valence-electron chi connectivity index (χ4n) is 2.03. The first kappa shape index (κ1) is 15.6. The summed E-state index contributed by atoms with van der Waals surface area (Å²) in [5.74, 6) is 0. The second kappa shape index (κ2) is 6.76. The fourth-order valence-corrected chi connectivity index (χ4v) is 2.03. The highest BCUT2D eigenvalue weighted by molar-refractivity contribution is 5.24. The van der Waals surface area contributed by atoms with Gasteiger partial charge in [-0.1, -0.05) is 42.0 Å². The summed E-state index contributed by atoms with van der Waals surface area (Å²) in [7, 11) is 0. The molecule has 0 unspecified atom stereocenters. The van der Waals surface area contributed by atoms with Gasteiger partial charge in [0.05, 0.1) is 5.56 Å². The van der Waals surface area contributed by atoms with Crippen molar-refractivity contribution in [2.24, 2.45) is 0 Å². The highest BCUT2D eigenvalue weighted by Gasteiger charge is 2.29. The molecule has 0 aliphatic rings. The molecule has 0 saturated carbocycles. The third-order valence-corrected chi connectivity index (χ3v) is 3.32. The lowest BCUT2D eigenvalue weighted by Crippen LogP contribution is -2.16. The topological polar surface area (TPSA) is 12.0 Å². The second-order valence-corrected chi connectivity index (χ2v) is 5.11. The molecule has 0 aliphatic carbocycles. The first-order valence-electron chi connectivity index (χ1n) is 6.87. The molecule has 0 bridgehead atoms. The van der Waals surface area contributed by atoms with Gasteiger partial charge >= 0.3 is 6.18 Å². The molecule has 2 rings (SSSR count). The van der Waals surface area contributed by atoms with Crippen molar-refractivity contribution in [1.82, 2.24) is 5.32 Å². The average Bonchev–Trinajstić information content (AvgIpc) is 2.45. The molecule has 2 aromatic rings. The largest absolute Gasteiger partial charge is 0.416 e. The molecular weight excluding hydrogens is 275 g/mol. The average molecular weight is 293 g/mol. The Kier molecular flexibility index (Phi) is 5.02. The summed E-state index contributed by atoms with van der Waals surface area (Å²) in [6.45, 7) is 3.42. The van der Waals surface area contributed by atoms with Crippen LogP contribution >= 0.6 is 0 Å². The van der Waals surface area contributed by atoms with Gasteiger partial charge in [0.25, 0.3) is 0 Å². The molecule has 0 heterocycles. The van der Waals surface area contributed by atoms with E-state index in [1.165, 1.54) is 23.3 Å². The van der Waals surface area contributed by atoms with Crippen molar-refractivity contribution in [2.75, 3.05) is 6.54 Å². The van der Waals surface area contributed by atoms with Crippen molar-refractivity contribution >= 4 is 0 Å². The smallest absolute Gasteiger partial charge is 0.312 e. The summed E-state index contributed by atoms with van der Waals surface area (Å²) in [5, 5.41) is 3.24. The highest BCUT2D eigenvalue weighted by atomic mass is 19.4. The Balaban J connectivity index is 1.77. The number of halogens is 3. The molecule has 4 heteroatoms. The fraction of sp³-hybridized carbons (Fsp3) is 0.294. The molecule has 0 aliphatic heterocycles. The van der Waals surface area contributed by atoms with Gasteiger partial charge in [-0.15, -0.1) is 0 Å². The number of alkyl halides is 3. The normalized spacial score (nSPS) is 11.6. The van der Waals surface area contributed by atoms with Crippen LogP contribution in [0.25, 0.3) is 0 Å². The number of rotatable bonds is 5. The van der Waals surface area contributed by atoms with E-state index in [0.29, 0.717) is 6.54 Å². The number of hydrogen-bond donors (Lipinski definition) is 1. The zero-order valence-corrected chi connectivity index (χ0v) is 11.9. The van der Waals surface area contributed by atoms with Crippen LogP contribution in [0, 0.1) is 6.92 Å². The van der Waals surface area contributed by atoms with Gasteiger partial charge in [0.1, 0.15) is 0 Å². The molecule has 1 N–H and O–H groups in total. The van der Waals surface area contributed by atoms with Crippen molar-refractivity contribution < 1.29 is 13.2 Å². The molecule has 21 heavy (non-hydrogen) atoms. The van der Waals surface area contributed by atoms with E-state index in [-0.39, 0.29) is 0 Å². The lowest BCUT2D eigenvalue weighted by atomic mass is 10.1. The predicted octanol–water partition coefficient (Wildman–Crippen LogP) is 4.35. The predicted molar refractivity (Wildman–Crippen MR) is 78.0 cm³/mol. The van der Waals surface area contributed by atoms with Crippen LogP contribution in [0.4, 0.5) is 13.2 Å². The molecule has 0 amide bonds. The Bertz CT molecular complexity index is 556. The highest BCUT2D eigenvalue weighted by Crippen LogP contribution is 2.28. The first-order chi connectivity index (χ1) is 9.95. The minimum Gasteiger partial charge on any atom is -0.312 e. The lowest BCUT2D eigenvalue weighted by Gasteiger charge is -2.08. The molecule has 1 nitrogen and oxygen atoms in total. The van der Waals surface area contributed by atoms with Crippen LogP contribution in [-0.4, -0.2) is 6.54 Å². The number of benzene rings is 2. The van der Waals surface area contributed by atoms with Crippen LogP contribution in [0.5, 0.6) is 0 Å². The Morgan fingerprint density at radius 3 is 2.00 bits per heavy atom. The van der Waals surface area contributed by atoms with Crippen LogP contribution in [0.1, 0.15) is 22.3 Å². The van der Waals surface area contributed by atoms with Crippen molar-refractivity contribution in [3.63, 3.8) is 0 Å².